The van der Waals surface area contributed by atoms with Crippen molar-refractivity contribution >= 4 is 5.96 Å². The molecule has 4 heteroatoms. The topological polar surface area (TPSA) is 39.7 Å². The Morgan fingerprint density at radius 1 is 1.26 bits per heavy atom. The van der Waals surface area contributed by atoms with Crippen molar-refractivity contribution in [2.45, 2.75) is 38.6 Å². The van der Waals surface area contributed by atoms with E-state index in [2.05, 4.69) is 72.7 Å². The van der Waals surface area contributed by atoms with Gasteiger partial charge in [0.1, 0.15) is 0 Å². The molecule has 0 radical (unpaired) electrons. The minimum atomic E-state index is 0.460. The van der Waals surface area contributed by atoms with E-state index in [0.29, 0.717) is 12.0 Å². The molecule has 4 nitrogen and oxygen atoms in total. The Kier molecular flexibility index (Phi) is 6.46. The van der Waals surface area contributed by atoms with E-state index < -0.39 is 0 Å². The normalized spacial score (nSPS) is 17.9. The summed E-state index contributed by atoms with van der Waals surface area (Å²) in [6.45, 7) is 6.24. The molecule has 23 heavy (non-hydrogen) atoms. The molecule has 1 aliphatic carbocycles. The Bertz CT molecular complexity index is 518. The van der Waals surface area contributed by atoms with Crippen LogP contribution in [-0.4, -0.2) is 51.1 Å². The van der Waals surface area contributed by atoms with E-state index in [4.69, 9.17) is 0 Å². The smallest absolute Gasteiger partial charge is 0.191 e. The van der Waals surface area contributed by atoms with Gasteiger partial charge in [-0.15, -0.1) is 0 Å². The lowest BCUT2D eigenvalue weighted by Gasteiger charge is -2.25. The number of nitrogens with one attached hydrogen (secondary N) is 2. The van der Waals surface area contributed by atoms with Crippen molar-refractivity contribution in [3.8, 4) is 0 Å². The molecule has 1 saturated carbocycles. The van der Waals surface area contributed by atoms with Gasteiger partial charge in [-0.25, -0.2) is 0 Å². The molecule has 1 aromatic carbocycles. The third-order valence-electron chi connectivity index (χ3n) is 4.72. The van der Waals surface area contributed by atoms with E-state index in [-0.39, 0.29) is 0 Å². The van der Waals surface area contributed by atoms with Gasteiger partial charge in [0.15, 0.2) is 5.96 Å². The fourth-order valence-electron chi connectivity index (χ4n) is 3.02. The third kappa shape index (κ3) is 5.54. The fraction of sp³-hybridized carbons (Fsp3) is 0.632. The highest BCUT2D eigenvalue weighted by molar-refractivity contribution is 5.79. The van der Waals surface area contributed by atoms with E-state index in [0.717, 1.165) is 25.0 Å². The van der Waals surface area contributed by atoms with E-state index in [1.807, 2.05) is 7.05 Å². The molecule has 0 spiro atoms. The Morgan fingerprint density at radius 2 is 1.96 bits per heavy atom. The van der Waals surface area contributed by atoms with Gasteiger partial charge in [-0.1, -0.05) is 36.8 Å². The number of guanidine groups is 1. The Hall–Kier alpha value is -1.55. The molecule has 0 aromatic heterocycles. The van der Waals surface area contributed by atoms with E-state index >= 15 is 0 Å². The van der Waals surface area contributed by atoms with Crippen LogP contribution >= 0.6 is 0 Å². The first-order valence-corrected chi connectivity index (χ1v) is 8.68. The van der Waals surface area contributed by atoms with Crippen molar-refractivity contribution in [3.05, 3.63) is 35.4 Å². The number of rotatable bonds is 7. The van der Waals surface area contributed by atoms with Crippen LogP contribution < -0.4 is 10.6 Å². The van der Waals surface area contributed by atoms with Crippen molar-refractivity contribution in [3.63, 3.8) is 0 Å². The molecule has 1 aromatic rings. The Labute approximate surface area is 141 Å². The second-order valence-corrected chi connectivity index (χ2v) is 7.02. The molecule has 1 fully saturated rings. The zero-order valence-electron chi connectivity index (χ0n) is 15.3. The van der Waals surface area contributed by atoms with E-state index in [1.165, 1.54) is 24.0 Å². The molecule has 1 aliphatic rings. The van der Waals surface area contributed by atoms with E-state index in [9.17, 15) is 0 Å². The highest BCUT2D eigenvalue weighted by Crippen LogP contribution is 2.34. The summed E-state index contributed by atoms with van der Waals surface area (Å²) in [5.74, 6) is 2.21. The second-order valence-electron chi connectivity index (χ2n) is 7.02. The number of aliphatic imine (C=N–C) groups is 1. The number of likely N-dealkylation sites (N-methyl/N-ethyl adjacent to an activating group) is 1. The predicted molar refractivity (Wildman–Crippen MR) is 99.2 cm³/mol. The first kappa shape index (κ1) is 17.8. The number of aryl methyl sites for hydroxylation is 1. The van der Waals surface area contributed by atoms with Gasteiger partial charge in [0, 0.05) is 26.2 Å². The number of benzene rings is 1. The maximum atomic E-state index is 4.36. The summed E-state index contributed by atoms with van der Waals surface area (Å²) in [7, 11) is 6.18. The SMILES string of the molecule is CN=C(NCC(C)c1cccc(C)c1)NCC(C1CC1)N(C)C. The van der Waals surface area contributed by atoms with Crippen LogP contribution in [0.4, 0.5) is 0 Å². The van der Waals surface area contributed by atoms with Crippen LogP contribution in [0.15, 0.2) is 29.3 Å². The Morgan fingerprint density at radius 3 is 2.52 bits per heavy atom. The molecule has 0 saturated heterocycles. The maximum Gasteiger partial charge on any atom is 0.191 e. The summed E-state index contributed by atoms with van der Waals surface area (Å²) < 4.78 is 0. The van der Waals surface area contributed by atoms with Gasteiger partial charge in [-0.2, -0.15) is 0 Å². The molecule has 2 rings (SSSR count). The number of hydrogen-bond acceptors (Lipinski definition) is 2. The van der Waals surface area contributed by atoms with Crippen molar-refractivity contribution in [2.24, 2.45) is 10.9 Å². The van der Waals surface area contributed by atoms with Gasteiger partial charge in [0.05, 0.1) is 0 Å². The quantitative estimate of drug-likeness (QED) is 0.600. The van der Waals surface area contributed by atoms with Gasteiger partial charge in [-0.05, 0) is 51.3 Å². The minimum Gasteiger partial charge on any atom is -0.356 e. The van der Waals surface area contributed by atoms with Crippen molar-refractivity contribution < 1.29 is 0 Å². The monoisotopic (exact) mass is 316 g/mol. The largest absolute Gasteiger partial charge is 0.356 e. The van der Waals surface area contributed by atoms with Crippen LogP contribution in [-0.2, 0) is 0 Å². The zero-order chi connectivity index (χ0) is 16.8. The molecular weight excluding hydrogens is 284 g/mol. The molecule has 2 atom stereocenters. The molecule has 2 unspecified atom stereocenters. The predicted octanol–water partition coefficient (Wildman–Crippen LogP) is 2.60. The van der Waals surface area contributed by atoms with Gasteiger partial charge >= 0.3 is 0 Å². The van der Waals surface area contributed by atoms with Gasteiger partial charge in [0.25, 0.3) is 0 Å². The van der Waals surface area contributed by atoms with Gasteiger partial charge in [0.2, 0.25) is 0 Å². The Balaban J connectivity index is 1.80. The highest BCUT2D eigenvalue weighted by atomic mass is 15.2. The maximum absolute atomic E-state index is 4.36. The molecular formula is C19H32N4. The minimum absolute atomic E-state index is 0.460. The summed E-state index contributed by atoms with van der Waals surface area (Å²) in [6.07, 6.45) is 2.72. The summed E-state index contributed by atoms with van der Waals surface area (Å²) >= 11 is 0. The standard InChI is InChI=1S/C19H32N4/c1-14-7-6-8-17(11-14)15(2)12-21-19(20-3)22-13-18(23(4)5)16-9-10-16/h6-8,11,15-16,18H,9-10,12-13H2,1-5H3,(H2,20,21,22). The first-order valence-electron chi connectivity index (χ1n) is 8.68. The van der Waals surface area contributed by atoms with E-state index in [1.54, 1.807) is 0 Å². The van der Waals surface area contributed by atoms with Gasteiger partial charge in [-0.3, -0.25) is 4.99 Å². The van der Waals surface area contributed by atoms with Crippen LogP contribution in [0.5, 0.6) is 0 Å². The molecule has 0 heterocycles. The third-order valence-corrected chi connectivity index (χ3v) is 4.72. The lowest BCUT2D eigenvalue weighted by atomic mass is 9.99. The zero-order valence-corrected chi connectivity index (χ0v) is 15.3. The van der Waals surface area contributed by atoms with Crippen LogP contribution in [0.2, 0.25) is 0 Å². The summed E-state index contributed by atoms with van der Waals surface area (Å²) in [5.41, 5.74) is 2.69. The molecule has 128 valence electrons. The molecule has 0 bridgehead atoms. The average Bonchev–Trinajstić information content (AvgIpc) is 3.34. The lowest BCUT2D eigenvalue weighted by molar-refractivity contribution is 0.264. The summed E-state index contributed by atoms with van der Waals surface area (Å²) in [4.78, 5) is 6.68. The molecule has 0 aliphatic heterocycles. The highest BCUT2D eigenvalue weighted by Gasteiger charge is 2.32. The fourth-order valence-corrected chi connectivity index (χ4v) is 3.02. The van der Waals surface area contributed by atoms with Gasteiger partial charge < -0.3 is 15.5 Å². The van der Waals surface area contributed by atoms with Crippen LogP contribution in [0.1, 0.15) is 36.8 Å². The first-order chi connectivity index (χ1) is 11.0. The van der Waals surface area contributed by atoms with Crippen molar-refractivity contribution in [1.82, 2.24) is 15.5 Å². The average molecular weight is 316 g/mol. The van der Waals surface area contributed by atoms with Crippen LogP contribution in [0, 0.1) is 12.8 Å². The summed E-state index contributed by atoms with van der Waals surface area (Å²) in [5, 5.41) is 6.95. The van der Waals surface area contributed by atoms with Crippen LogP contribution in [0.3, 0.4) is 0 Å². The summed E-state index contributed by atoms with van der Waals surface area (Å²) in [6, 6.07) is 9.33. The van der Waals surface area contributed by atoms with Crippen LogP contribution in [0.25, 0.3) is 0 Å². The van der Waals surface area contributed by atoms with Crippen molar-refractivity contribution in [2.75, 3.05) is 34.2 Å². The molecule has 2 N–H and O–H groups in total. The second kappa shape index (κ2) is 8.34. The number of hydrogen-bond donors (Lipinski definition) is 2. The number of nitrogens with zero attached hydrogens (tertiary/aromatic N) is 2. The van der Waals surface area contributed by atoms with Crippen molar-refractivity contribution in [1.29, 1.82) is 0 Å². The lowest BCUT2D eigenvalue weighted by Crippen LogP contribution is -2.46. The molecule has 0 amide bonds.